The SMILES string of the molecule is Fc1cccc(F)c1[C@@H](OC[C@@H]1CO1)C(F)(F)F. The molecule has 0 saturated carbocycles. The number of hydrogen-bond acceptors (Lipinski definition) is 2. The largest absolute Gasteiger partial charge is 0.419 e. The maximum absolute atomic E-state index is 13.3. The van der Waals surface area contributed by atoms with Gasteiger partial charge in [0.1, 0.15) is 17.7 Å². The van der Waals surface area contributed by atoms with Crippen molar-refractivity contribution in [2.24, 2.45) is 0 Å². The maximum Gasteiger partial charge on any atom is 0.419 e. The quantitative estimate of drug-likeness (QED) is 0.618. The van der Waals surface area contributed by atoms with Crippen molar-refractivity contribution in [3.05, 3.63) is 35.4 Å². The van der Waals surface area contributed by atoms with Gasteiger partial charge in [-0.3, -0.25) is 0 Å². The summed E-state index contributed by atoms with van der Waals surface area (Å²) in [7, 11) is 0. The lowest BCUT2D eigenvalue weighted by Gasteiger charge is -2.21. The minimum Gasteiger partial charge on any atom is -0.371 e. The molecule has 1 saturated heterocycles. The number of epoxide rings is 1. The number of alkyl halides is 3. The van der Waals surface area contributed by atoms with E-state index in [-0.39, 0.29) is 6.61 Å². The van der Waals surface area contributed by atoms with Gasteiger partial charge in [0.15, 0.2) is 6.10 Å². The summed E-state index contributed by atoms with van der Waals surface area (Å²) in [4.78, 5) is 0. The van der Waals surface area contributed by atoms with Crippen LogP contribution in [-0.4, -0.2) is 25.5 Å². The van der Waals surface area contributed by atoms with Gasteiger partial charge in [-0.2, -0.15) is 13.2 Å². The van der Waals surface area contributed by atoms with Crippen molar-refractivity contribution in [2.75, 3.05) is 13.2 Å². The summed E-state index contributed by atoms with van der Waals surface area (Å²) >= 11 is 0. The van der Waals surface area contributed by atoms with E-state index in [0.717, 1.165) is 18.2 Å². The topological polar surface area (TPSA) is 21.8 Å². The first-order valence-corrected chi connectivity index (χ1v) is 5.13. The highest BCUT2D eigenvalue weighted by Gasteiger charge is 2.45. The van der Waals surface area contributed by atoms with Gasteiger partial charge in [-0.1, -0.05) is 6.07 Å². The molecule has 1 aliphatic heterocycles. The van der Waals surface area contributed by atoms with Crippen LogP contribution >= 0.6 is 0 Å². The normalized spacial score (nSPS) is 20.8. The molecule has 1 aromatic carbocycles. The fourth-order valence-electron chi connectivity index (χ4n) is 1.47. The zero-order valence-electron chi connectivity index (χ0n) is 9.01. The van der Waals surface area contributed by atoms with Crippen LogP contribution in [0.2, 0.25) is 0 Å². The van der Waals surface area contributed by atoms with Gasteiger partial charge in [-0.25, -0.2) is 8.78 Å². The van der Waals surface area contributed by atoms with Crippen molar-refractivity contribution >= 4 is 0 Å². The molecule has 7 heteroatoms. The summed E-state index contributed by atoms with van der Waals surface area (Å²) in [6.45, 7) is -0.0533. The first-order valence-electron chi connectivity index (χ1n) is 5.13. The summed E-state index contributed by atoms with van der Waals surface area (Å²) in [5, 5.41) is 0. The van der Waals surface area contributed by atoms with Crippen LogP contribution in [0.3, 0.4) is 0 Å². The van der Waals surface area contributed by atoms with Crippen LogP contribution in [0.25, 0.3) is 0 Å². The third-order valence-electron chi connectivity index (χ3n) is 2.41. The summed E-state index contributed by atoms with van der Waals surface area (Å²) in [6.07, 6.45) is -7.94. The van der Waals surface area contributed by atoms with Crippen molar-refractivity contribution < 1.29 is 31.4 Å². The van der Waals surface area contributed by atoms with Crippen LogP contribution in [0, 0.1) is 11.6 Å². The van der Waals surface area contributed by atoms with Crippen LogP contribution in [0.1, 0.15) is 11.7 Å². The Kier molecular flexibility index (Phi) is 3.54. The fourth-order valence-corrected chi connectivity index (χ4v) is 1.47. The van der Waals surface area contributed by atoms with E-state index < -0.39 is 35.6 Å². The summed E-state index contributed by atoms with van der Waals surface area (Å²) in [6, 6.07) is 2.51. The van der Waals surface area contributed by atoms with Crippen LogP contribution in [0.5, 0.6) is 0 Å². The van der Waals surface area contributed by atoms with Gasteiger partial charge in [0.05, 0.1) is 18.8 Å². The van der Waals surface area contributed by atoms with Crippen molar-refractivity contribution in [1.29, 1.82) is 0 Å². The second-order valence-electron chi connectivity index (χ2n) is 3.85. The highest BCUT2D eigenvalue weighted by Crippen LogP contribution is 2.38. The van der Waals surface area contributed by atoms with Crippen LogP contribution in [-0.2, 0) is 9.47 Å². The smallest absolute Gasteiger partial charge is 0.371 e. The van der Waals surface area contributed by atoms with E-state index in [1.807, 2.05) is 0 Å². The zero-order chi connectivity index (χ0) is 13.3. The van der Waals surface area contributed by atoms with Gasteiger partial charge in [0, 0.05) is 0 Å². The maximum atomic E-state index is 13.3. The van der Waals surface area contributed by atoms with Crippen molar-refractivity contribution in [3.8, 4) is 0 Å². The number of benzene rings is 1. The minimum atomic E-state index is -4.89. The summed E-state index contributed by atoms with van der Waals surface area (Å²) in [5.41, 5.74) is -1.12. The molecule has 0 spiro atoms. The Balaban J connectivity index is 2.26. The molecule has 0 unspecified atom stereocenters. The van der Waals surface area contributed by atoms with Crippen LogP contribution in [0.4, 0.5) is 22.0 Å². The number of ether oxygens (including phenoxy) is 2. The molecular formula is C11H9F5O2. The van der Waals surface area contributed by atoms with Gasteiger partial charge in [0.2, 0.25) is 0 Å². The number of hydrogen-bond donors (Lipinski definition) is 0. The minimum absolute atomic E-state index is 0.296. The van der Waals surface area contributed by atoms with E-state index in [1.165, 1.54) is 0 Å². The molecule has 2 rings (SSSR count). The van der Waals surface area contributed by atoms with Gasteiger partial charge >= 0.3 is 6.18 Å². The Bertz CT molecular complexity index is 408. The van der Waals surface area contributed by atoms with E-state index >= 15 is 0 Å². The van der Waals surface area contributed by atoms with E-state index in [9.17, 15) is 22.0 Å². The highest BCUT2D eigenvalue weighted by atomic mass is 19.4. The fraction of sp³-hybridized carbons (Fsp3) is 0.455. The standard InChI is InChI=1S/C11H9F5O2/c12-7-2-1-3-8(13)9(7)10(11(14,15)16)18-5-6-4-17-6/h1-3,6,10H,4-5H2/t6-,10+/m0/s1. The molecule has 18 heavy (non-hydrogen) atoms. The highest BCUT2D eigenvalue weighted by molar-refractivity contribution is 5.23. The van der Waals surface area contributed by atoms with Crippen molar-refractivity contribution in [3.63, 3.8) is 0 Å². The summed E-state index contributed by atoms with van der Waals surface area (Å²) in [5.74, 6) is -2.57. The van der Waals surface area contributed by atoms with E-state index in [0.29, 0.717) is 6.61 Å². The second kappa shape index (κ2) is 4.81. The van der Waals surface area contributed by atoms with Crippen LogP contribution < -0.4 is 0 Å². The third-order valence-corrected chi connectivity index (χ3v) is 2.41. The molecule has 0 radical (unpaired) electrons. The molecule has 1 aromatic rings. The summed E-state index contributed by atoms with van der Waals surface area (Å²) < 4.78 is 74.1. The van der Waals surface area contributed by atoms with Crippen molar-refractivity contribution in [2.45, 2.75) is 18.4 Å². The average molecular weight is 268 g/mol. The van der Waals surface area contributed by atoms with Gasteiger partial charge < -0.3 is 9.47 Å². The molecule has 1 heterocycles. The van der Waals surface area contributed by atoms with Crippen LogP contribution in [0.15, 0.2) is 18.2 Å². The zero-order valence-corrected chi connectivity index (χ0v) is 9.01. The molecule has 0 amide bonds. The predicted octanol–water partition coefficient (Wildman–Crippen LogP) is 2.98. The molecule has 0 aromatic heterocycles. The third kappa shape index (κ3) is 2.97. The lowest BCUT2D eigenvalue weighted by molar-refractivity contribution is -0.226. The lowest BCUT2D eigenvalue weighted by Crippen LogP contribution is -2.27. The molecule has 0 N–H and O–H groups in total. The first-order chi connectivity index (χ1) is 8.39. The van der Waals surface area contributed by atoms with Gasteiger partial charge in [-0.05, 0) is 12.1 Å². The first kappa shape index (κ1) is 13.2. The Morgan fingerprint density at radius 1 is 1.28 bits per heavy atom. The van der Waals surface area contributed by atoms with E-state index in [4.69, 9.17) is 0 Å². The average Bonchev–Trinajstić information content (AvgIpc) is 3.04. The Hall–Kier alpha value is -1.21. The predicted molar refractivity (Wildman–Crippen MR) is 50.8 cm³/mol. The van der Waals surface area contributed by atoms with Crippen molar-refractivity contribution in [1.82, 2.24) is 0 Å². The molecule has 1 fully saturated rings. The Morgan fingerprint density at radius 2 is 1.83 bits per heavy atom. The molecule has 1 aliphatic rings. The molecular weight excluding hydrogens is 259 g/mol. The number of halogens is 5. The Labute approximate surface area is 99.3 Å². The Morgan fingerprint density at radius 3 is 2.28 bits per heavy atom. The molecule has 100 valence electrons. The molecule has 2 nitrogen and oxygen atoms in total. The lowest BCUT2D eigenvalue weighted by atomic mass is 10.1. The van der Waals surface area contributed by atoms with Gasteiger partial charge in [0.25, 0.3) is 0 Å². The monoisotopic (exact) mass is 268 g/mol. The van der Waals surface area contributed by atoms with E-state index in [1.54, 1.807) is 0 Å². The molecule has 0 aliphatic carbocycles. The molecule has 0 bridgehead atoms. The second-order valence-corrected chi connectivity index (χ2v) is 3.85. The van der Waals surface area contributed by atoms with E-state index in [2.05, 4.69) is 9.47 Å². The molecule has 2 atom stereocenters. The number of rotatable bonds is 4. The van der Waals surface area contributed by atoms with Gasteiger partial charge in [-0.15, -0.1) is 0 Å².